The van der Waals surface area contributed by atoms with Crippen LogP contribution in [-0.4, -0.2) is 12.5 Å². The summed E-state index contributed by atoms with van der Waals surface area (Å²) in [5.74, 6) is 1.22. The maximum Gasteiger partial charge on any atom is 0.262 e. The van der Waals surface area contributed by atoms with Crippen LogP contribution < -0.4 is 10.1 Å². The average molecular weight is 491 g/mol. The van der Waals surface area contributed by atoms with E-state index in [0.29, 0.717) is 22.2 Å². The number of ether oxygens (including phenoxy) is 1. The van der Waals surface area contributed by atoms with E-state index < -0.39 is 0 Å². The van der Waals surface area contributed by atoms with Gasteiger partial charge in [-0.2, -0.15) is 5.26 Å². The van der Waals surface area contributed by atoms with Crippen LogP contribution in [-0.2, 0) is 17.6 Å². The van der Waals surface area contributed by atoms with Crippen LogP contribution in [0.2, 0.25) is 0 Å². The predicted octanol–water partition coefficient (Wildman–Crippen LogP) is 6.38. The molecule has 1 amide bonds. The molecule has 0 saturated carbocycles. The molecule has 2 aromatic rings. The summed E-state index contributed by atoms with van der Waals surface area (Å²) in [5, 5.41) is 13.1. The SMILES string of the molecule is CC1CCc2c(C#N)c(NC(=O)COc3ccc(Br)cc3C(C)C)sc(=S)c2C1. The Morgan fingerprint density at radius 2 is 2.21 bits per heavy atom. The van der Waals surface area contributed by atoms with Crippen LogP contribution in [0, 0.1) is 21.1 Å². The Balaban J connectivity index is 1.78. The Morgan fingerprint density at radius 1 is 1.45 bits per heavy atom. The van der Waals surface area contributed by atoms with Crippen molar-refractivity contribution in [3.63, 3.8) is 0 Å². The third-order valence-corrected chi connectivity index (χ3v) is 7.02. The monoisotopic (exact) mass is 490 g/mol. The van der Waals surface area contributed by atoms with Crippen LogP contribution in [0.25, 0.3) is 0 Å². The van der Waals surface area contributed by atoms with E-state index in [2.05, 4.69) is 48.1 Å². The van der Waals surface area contributed by atoms with Crippen LogP contribution in [0.4, 0.5) is 5.00 Å². The minimum Gasteiger partial charge on any atom is -0.483 e. The van der Waals surface area contributed by atoms with Crippen molar-refractivity contribution in [1.29, 1.82) is 5.26 Å². The van der Waals surface area contributed by atoms with E-state index in [4.69, 9.17) is 17.0 Å². The highest BCUT2D eigenvalue weighted by Gasteiger charge is 2.23. The Hall–Kier alpha value is -1.75. The molecule has 3 rings (SSSR count). The molecule has 4 nitrogen and oxygen atoms in total. The number of carbonyl (C=O) groups is 1. The number of nitrogens with one attached hydrogen (secondary N) is 1. The third kappa shape index (κ3) is 5.06. The summed E-state index contributed by atoms with van der Waals surface area (Å²) in [5.41, 5.74) is 3.68. The van der Waals surface area contributed by atoms with Crippen LogP contribution in [0.1, 0.15) is 55.4 Å². The van der Waals surface area contributed by atoms with E-state index in [1.54, 1.807) is 0 Å². The van der Waals surface area contributed by atoms with Crippen molar-refractivity contribution >= 4 is 50.4 Å². The van der Waals surface area contributed by atoms with E-state index in [9.17, 15) is 10.1 Å². The lowest BCUT2D eigenvalue weighted by atomic mass is 9.85. The summed E-state index contributed by atoms with van der Waals surface area (Å²) < 4.78 is 7.51. The van der Waals surface area contributed by atoms with Gasteiger partial charge in [-0.05, 0) is 66.0 Å². The molecule has 0 fully saturated rings. The largest absolute Gasteiger partial charge is 0.483 e. The Morgan fingerprint density at radius 3 is 2.90 bits per heavy atom. The number of nitrogens with zero attached hydrogens (tertiary/aromatic N) is 1. The summed E-state index contributed by atoms with van der Waals surface area (Å²) in [7, 11) is 0. The van der Waals surface area contributed by atoms with Gasteiger partial charge in [0.2, 0.25) is 0 Å². The molecule has 0 aliphatic heterocycles. The smallest absolute Gasteiger partial charge is 0.262 e. The predicted molar refractivity (Wildman–Crippen MR) is 123 cm³/mol. The topological polar surface area (TPSA) is 62.1 Å². The van der Waals surface area contributed by atoms with Crippen LogP contribution in [0.15, 0.2) is 22.7 Å². The molecule has 1 aromatic heterocycles. The summed E-state index contributed by atoms with van der Waals surface area (Å²) in [4.78, 5) is 12.6. The van der Waals surface area contributed by atoms with Gasteiger partial charge in [-0.15, -0.1) is 11.3 Å². The molecule has 0 bridgehead atoms. The molecule has 1 aromatic carbocycles. The van der Waals surface area contributed by atoms with Crippen LogP contribution in [0.5, 0.6) is 5.75 Å². The molecule has 1 aliphatic rings. The first-order valence-electron chi connectivity index (χ1n) is 9.61. The quantitative estimate of drug-likeness (QED) is 0.493. The van der Waals surface area contributed by atoms with Crippen molar-refractivity contribution in [2.45, 2.75) is 46.0 Å². The first-order chi connectivity index (χ1) is 13.8. The Bertz CT molecular complexity index is 1040. The molecule has 1 unspecified atom stereocenters. The molecule has 0 spiro atoms. The minimum absolute atomic E-state index is 0.125. The first-order valence-corrected chi connectivity index (χ1v) is 11.6. The number of benzene rings is 1. The molecule has 0 saturated heterocycles. The van der Waals surface area contributed by atoms with Crippen molar-refractivity contribution in [2.24, 2.45) is 5.92 Å². The zero-order valence-electron chi connectivity index (χ0n) is 16.7. The van der Waals surface area contributed by atoms with Gasteiger partial charge in [0.25, 0.3) is 5.91 Å². The number of nitriles is 1. The molecule has 29 heavy (non-hydrogen) atoms. The maximum atomic E-state index is 12.6. The van der Waals surface area contributed by atoms with Crippen molar-refractivity contribution in [3.05, 3.63) is 48.7 Å². The number of hydrogen-bond donors (Lipinski definition) is 1. The fourth-order valence-corrected chi connectivity index (χ4v) is 5.34. The standard InChI is InChI=1S/C22H23BrN2O2S2/c1-12(2)16-9-14(23)5-7-19(16)27-11-20(26)25-21-18(10-24)15-6-4-13(3)8-17(15)22(28)29-21/h5,7,9,12-13H,4,6,8,11H2,1-3H3,(H,25,26). The average Bonchev–Trinajstić information content (AvgIpc) is 2.67. The van der Waals surface area contributed by atoms with Gasteiger partial charge in [0.15, 0.2) is 6.61 Å². The van der Waals surface area contributed by atoms with Gasteiger partial charge in [0, 0.05) is 4.47 Å². The normalized spacial score (nSPS) is 15.5. The van der Waals surface area contributed by atoms with Gasteiger partial charge >= 0.3 is 0 Å². The van der Waals surface area contributed by atoms with Gasteiger partial charge in [-0.3, -0.25) is 4.79 Å². The number of hydrogen-bond acceptors (Lipinski definition) is 5. The molecular weight excluding hydrogens is 468 g/mol. The molecule has 7 heteroatoms. The van der Waals surface area contributed by atoms with E-state index in [-0.39, 0.29) is 18.4 Å². The van der Waals surface area contributed by atoms with Crippen LogP contribution in [0.3, 0.4) is 0 Å². The lowest BCUT2D eigenvalue weighted by Gasteiger charge is -2.23. The van der Waals surface area contributed by atoms with E-state index >= 15 is 0 Å². The lowest BCUT2D eigenvalue weighted by molar-refractivity contribution is -0.118. The third-order valence-electron chi connectivity index (χ3n) is 5.09. The number of anilines is 1. The summed E-state index contributed by atoms with van der Waals surface area (Å²) >= 11 is 10.3. The fraction of sp³-hybridized carbons (Fsp3) is 0.409. The summed E-state index contributed by atoms with van der Waals surface area (Å²) in [6, 6.07) is 8.03. The second kappa shape index (κ2) is 9.38. The van der Waals surface area contributed by atoms with Crippen molar-refractivity contribution in [1.82, 2.24) is 0 Å². The second-order valence-electron chi connectivity index (χ2n) is 7.68. The number of rotatable bonds is 5. The molecule has 0 radical (unpaired) electrons. The number of carbonyl (C=O) groups excluding carboxylic acids is 1. The van der Waals surface area contributed by atoms with Gasteiger partial charge in [0.05, 0.1) is 9.39 Å². The van der Waals surface area contributed by atoms with Crippen molar-refractivity contribution < 1.29 is 9.53 Å². The van der Waals surface area contributed by atoms with Gasteiger partial charge < -0.3 is 10.1 Å². The van der Waals surface area contributed by atoms with E-state index in [1.807, 2.05) is 18.2 Å². The Kier molecular flexibility index (Phi) is 7.10. The fourth-order valence-electron chi connectivity index (χ4n) is 3.55. The molecular formula is C22H23BrN2O2S2. The highest BCUT2D eigenvalue weighted by Crippen LogP contribution is 2.36. The summed E-state index contributed by atoms with van der Waals surface area (Å²) in [6.07, 6.45) is 2.76. The molecule has 1 aliphatic carbocycles. The molecule has 1 N–H and O–H groups in total. The number of amides is 1. The highest BCUT2D eigenvalue weighted by molar-refractivity contribution is 9.10. The Labute approximate surface area is 189 Å². The first kappa shape index (κ1) is 21.9. The van der Waals surface area contributed by atoms with Crippen molar-refractivity contribution in [2.75, 3.05) is 11.9 Å². The molecule has 1 heterocycles. The van der Waals surface area contributed by atoms with Crippen molar-refractivity contribution in [3.8, 4) is 11.8 Å². The number of halogens is 1. The highest BCUT2D eigenvalue weighted by atomic mass is 79.9. The van der Waals surface area contributed by atoms with Crippen LogP contribution >= 0.6 is 39.5 Å². The maximum absolute atomic E-state index is 12.6. The number of fused-ring (bicyclic) bond motifs is 1. The zero-order valence-corrected chi connectivity index (χ0v) is 19.9. The second-order valence-corrected chi connectivity index (χ2v) is 10.3. The summed E-state index contributed by atoms with van der Waals surface area (Å²) in [6.45, 7) is 6.23. The van der Waals surface area contributed by atoms with Gasteiger partial charge in [-0.25, -0.2) is 0 Å². The van der Waals surface area contributed by atoms with E-state index in [0.717, 1.165) is 44.2 Å². The van der Waals surface area contributed by atoms with E-state index in [1.165, 1.54) is 11.3 Å². The molecule has 1 atom stereocenters. The van der Waals surface area contributed by atoms with Gasteiger partial charge in [-0.1, -0.05) is 48.9 Å². The lowest BCUT2D eigenvalue weighted by Crippen LogP contribution is -2.22. The molecule has 152 valence electrons. The zero-order chi connectivity index (χ0) is 21.1. The minimum atomic E-state index is -0.297. The van der Waals surface area contributed by atoms with Gasteiger partial charge in [0.1, 0.15) is 16.8 Å².